The number of pyridine rings is 1. The van der Waals surface area contributed by atoms with E-state index in [-0.39, 0.29) is 11.6 Å². The van der Waals surface area contributed by atoms with Crippen LogP contribution in [0.4, 0.5) is 0 Å². The molecule has 2 aromatic heterocycles. The Balaban J connectivity index is 1.46. The van der Waals surface area contributed by atoms with Gasteiger partial charge >= 0.3 is 0 Å². The minimum atomic E-state index is 0.0218. The van der Waals surface area contributed by atoms with Crippen LogP contribution in [0.3, 0.4) is 0 Å². The molecule has 0 amide bonds. The molecule has 0 atom stereocenters. The normalized spacial score (nSPS) is 18.7. The lowest BCUT2D eigenvalue weighted by Gasteiger charge is -2.30. The predicted octanol–water partition coefficient (Wildman–Crippen LogP) is 3.38. The standard InChI is InChI=1S/C25H32N4O2/c1-19(2)17-28-13-8-20(9-14-28)3-5-24-26-12-7-23(27-24)21-4-6-25(30)29(18-21)22-10-15-31-16-11-22/h4,6-7,12,18-20,22H,8-11,13-17H2,1-2H3. The molecule has 0 N–H and O–H groups in total. The van der Waals surface area contributed by atoms with Crippen molar-refractivity contribution < 1.29 is 4.74 Å². The summed E-state index contributed by atoms with van der Waals surface area (Å²) < 4.78 is 7.27. The first-order valence-electron chi connectivity index (χ1n) is 11.5. The number of hydrogen-bond donors (Lipinski definition) is 0. The molecule has 2 aromatic rings. The van der Waals surface area contributed by atoms with Crippen molar-refractivity contribution >= 4 is 0 Å². The summed E-state index contributed by atoms with van der Waals surface area (Å²) in [5.41, 5.74) is 1.74. The second-order valence-corrected chi connectivity index (χ2v) is 9.01. The number of aromatic nitrogens is 3. The molecule has 4 rings (SSSR count). The zero-order valence-corrected chi connectivity index (χ0v) is 18.6. The lowest BCUT2D eigenvalue weighted by atomic mass is 9.97. The zero-order chi connectivity index (χ0) is 21.6. The SMILES string of the molecule is CC(C)CN1CCC(C#Cc2nccc(-c3ccc(=O)n(C4CCOCC4)c3)n2)CC1. The molecular formula is C25H32N4O2. The van der Waals surface area contributed by atoms with Gasteiger partial charge in [0.15, 0.2) is 0 Å². The molecule has 164 valence electrons. The van der Waals surface area contributed by atoms with Crippen molar-refractivity contribution in [2.45, 2.75) is 45.6 Å². The molecule has 0 radical (unpaired) electrons. The molecule has 2 aliphatic heterocycles. The van der Waals surface area contributed by atoms with Crippen LogP contribution in [0.2, 0.25) is 0 Å². The van der Waals surface area contributed by atoms with Gasteiger partial charge in [-0.15, -0.1) is 0 Å². The van der Waals surface area contributed by atoms with E-state index in [1.54, 1.807) is 12.3 Å². The van der Waals surface area contributed by atoms with E-state index in [1.165, 1.54) is 6.54 Å². The van der Waals surface area contributed by atoms with E-state index in [0.717, 1.165) is 50.0 Å². The first kappa shape index (κ1) is 21.7. The second kappa shape index (κ2) is 10.2. The molecule has 0 saturated carbocycles. The first-order chi connectivity index (χ1) is 15.1. The van der Waals surface area contributed by atoms with E-state index in [9.17, 15) is 4.79 Å². The van der Waals surface area contributed by atoms with E-state index in [0.29, 0.717) is 30.9 Å². The van der Waals surface area contributed by atoms with Crippen molar-refractivity contribution in [2.24, 2.45) is 11.8 Å². The number of nitrogens with zero attached hydrogens (tertiary/aromatic N) is 4. The number of hydrogen-bond acceptors (Lipinski definition) is 5. The van der Waals surface area contributed by atoms with Gasteiger partial charge in [0.05, 0.1) is 5.69 Å². The summed E-state index contributed by atoms with van der Waals surface area (Å²) in [5.74, 6) is 8.25. The Morgan fingerprint density at radius 3 is 2.65 bits per heavy atom. The summed E-state index contributed by atoms with van der Waals surface area (Å²) in [4.78, 5) is 23.9. The smallest absolute Gasteiger partial charge is 0.250 e. The number of ether oxygens (including phenoxy) is 1. The fraction of sp³-hybridized carbons (Fsp3) is 0.560. The third-order valence-corrected chi connectivity index (χ3v) is 6.07. The van der Waals surface area contributed by atoms with Gasteiger partial charge in [0.2, 0.25) is 5.82 Å². The Bertz CT molecular complexity index is 990. The fourth-order valence-electron chi connectivity index (χ4n) is 4.43. The zero-order valence-electron chi connectivity index (χ0n) is 18.6. The van der Waals surface area contributed by atoms with E-state index < -0.39 is 0 Å². The summed E-state index contributed by atoms with van der Waals surface area (Å²) in [6, 6.07) is 5.53. The van der Waals surface area contributed by atoms with Crippen LogP contribution >= 0.6 is 0 Å². The van der Waals surface area contributed by atoms with Crippen molar-refractivity contribution in [3.63, 3.8) is 0 Å². The van der Waals surface area contributed by atoms with E-state index in [4.69, 9.17) is 4.74 Å². The third kappa shape index (κ3) is 5.81. The maximum atomic E-state index is 12.4. The third-order valence-electron chi connectivity index (χ3n) is 6.07. The molecule has 4 heterocycles. The van der Waals surface area contributed by atoms with Gasteiger partial charge in [0.25, 0.3) is 5.56 Å². The van der Waals surface area contributed by atoms with Crippen LogP contribution in [0.5, 0.6) is 0 Å². The van der Waals surface area contributed by atoms with Crippen molar-refractivity contribution in [2.75, 3.05) is 32.8 Å². The Morgan fingerprint density at radius 1 is 1.13 bits per heavy atom. The van der Waals surface area contributed by atoms with Gasteiger partial charge in [-0.1, -0.05) is 19.8 Å². The number of piperidine rings is 1. The maximum Gasteiger partial charge on any atom is 0.250 e. The van der Waals surface area contributed by atoms with Crippen LogP contribution in [0, 0.1) is 23.7 Å². The molecule has 6 heteroatoms. The van der Waals surface area contributed by atoms with E-state index in [2.05, 4.69) is 40.6 Å². The van der Waals surface area contributed by atoms with Crippen LogP contribution < -0.4 is 5.56 Å². The van der Waals surface area contributed by atoms with Crippen LogP contribution in [0.15, 0.2) is 35.4 Å². The summed E-state index contributed by atoms with van der Waals surface area (Å²) in [7, 11) is 0. The molecule has 0 unspecified atom stereocenters. The molecule has 2 saturated heterocycles. The molecule has 0 aromatic carbocycles. The van der Waals surface area contributed by atoms with Gasteiger partial charge in [-0.25, -0.2) is 9.97 Å². The van der Waals surface area contributed by atoms with E-state index >= 15 is 0 Å². The summed E-state index contributed by atoms with van der Waals surface area (Å²) >= 11 is 0. The molecule has 2 aliphatic rings. The molecular weight excluding hydrogens is 388 g/mol. The highest BCUT2D eigenvalue weighted by Gasteiger charge is 2.19. The van der Waals surface area contributed by atoms with Gasteiger partial charge in [-0.05, 0) is 62.7 Å². The van der Waals surface area contributed by atoms with Gasteiger partial charge in [-0.2, -0.15) is 0 Å². The molecule has 0 bridgehead atoms. The van der Waals surface area contributed by atoms with E-state index in [1.807, 2.05) is 22.9 Å². The topological polar surface area (TPSA) is 60.2 Å². The lowest BCUT2D eigenvalue weighted by Crippen LogP contribution is -2.35. The molecule has 0 aliphatic carbocycles. The Hall–Kier alpha value is -2.49. The summed E-state index contributed by atoms with van der Waals surface area (Å²) in [5, 5.41) is 0. The monoisotopic (exact) mass is 420 g/mol. The maximum absolute atomic E-state index is 12.4. The average molecular weight is 421 g/mol. The highest BCUT2D eigenvalue weighted by molar-refractivity contribution is 5.57. The van der Waals surface area contributed by atoms with Crippen molar-refractivity contribution in [1.29, 1.82) is 0 Å². The summed E-state index contributed by atoms with van der Waals surface area (Å²) in [6.07, 6.45) is 7.61. The number of rotatable bonds is 4. The Labute approximate surface area is 184 Å². The largest absolute Gasteiger partial charge is 0.381 e. The lowest BCUT2D eigenvalue weighted by molar-refractivity contribution is 0.0687. The van der Waals surface area contributed by atoms with Crippen molar-refractivity contribution in [3.8, 4) is 23.1 Å². The van der Waals surface area contributed by atoms with Gasteiger partial charge in [0.1, 0.15) is 0 Å². The highest BCUT2D eigenvalue weighted by atomic mass is 16.5. The second-order valence-electron chi connectivity index (χ2n) is 9.01. The summed E-state index contributed by atoms with van der Waals surface area (Å²) in [6.45, 7) is 9.34. The van der Waals surface area contributed by atoms with Crippen LogP contribution in [-0.4, -0.2) is 52.3 Å². The van der Waals surface area contributed by atoms with Crippen molar-refractivity contribution in [1.82, 2.24) is 19.4 Å². The van der Waals surface area contributed by atoms with Crippen LogP contribution in [0.1, 0.15) is 51.4 Å². The highest BCUT2D eigenvalue weighted by Crippen LogP contribution is 2.22. The van der Waals surface area contributed by atoms with Crippen LogP contribution in [0.25, 0.3) is 11.3 Å². The average Bonchev–Trinajstić information content (AvgIpc) is 2.79. The minimum Gasteiger partial charge on any atom is -0.381 e. The van der Waals surface area contributed by atoms with Gasteiger partial charge in [-0.3, -0.25) is 4.79 Å². The number of likely N-dealkylation sites (tertiary alicyclic amines) is 1. The van der Waals surface area contributed by atoms with Gasteiger partial charge < -0.3 is 14.2 Å². The predicted molar refractivity (Wildman–Crippen MR) is 122 cm³/mol. The Morgan fingerprint density at radius 2 is 1.90 bits per heavy atom. The molecule has 0 spiro atoms. The molecule has 6 nitrogen and oxygen atoms in total. The van der Waals surface area contributed by atoms with Gasteiger partial charge in [0, 0.05) is 55.7 Å². The van der Waals surface area contributed by atoms with Crippen LogP contribution in [-0.2, 0) is 4.74 Å². The first-order valence-corrected chi connectivity index (χ1v) is 11.5. The quantitative estimate of drug-likeness (QED) is 0.710. The molecule has 31 heavy (non-hydrogen) atoms. The minimum absolute atomic E-state index is 0.0218. The Kier molecular flexibility index (Phi) is 7.16. The van der Waals surface area contributed by atoms with Crippen molar-refractivity contribution in [3.05, 3.63) is 46.8 Å². The molecule has 2 fully saturated rings. The fourth-order valence-corrected chi connectivity index (χ4v) is 4.43.